The quantitative estimate of drug-likeness (QED) is 0.141. The number of amides is 1. The molecule has 4 aromatic rings. The molecule has 1 aliphatic heterocycles. The molecule has 41 heavy (non-hydrogen) atoms. The van der Waals surface area contributed by atoms with E-state index in [4.69, 9.17) is 0 Å². The number of nitrogens with one attached hydrogen (secondary N) is 2. The molecule has 0 bridgehead atoms. The lowest BCUT2D eigenvalue weighted by molar-refractivity contribution is -0.137. The summed E-state index contributed by atoms with van der Waals surface area (Å²) in [4.78, 5) is 24.3. The number of hydrogen-bond donors (Lipinski definition) is 4. The molecule has 0 saturated carbocycles. The van der Waals surface area contributed by atoms with Crippen molar-refractivity contribution in [3.63, 3.8) is 0 Å². The monoisotopic (exact) mass is 558 g/mol. The summed E-state index contributed by atoms with van der Waals surface area (Å²) in [6.45, 7) is 1.94. The molecule has 4 aromatic carbocycles. The first-order valence-electron chi connectivity index (χ1n) is 12.8. The summed E-state index contributed by atoms with van der Waals surface area (Å²) in [6, 6.07) is 20.6. The van der Waals surface area contributed by atoms with Crippen molar-refractivity contribution in [2.45, 2.75) is 25.9 Å². The number of fused-ring (bicyclic) bond motifs is 1. The molecule has 0 unspecified atom stereocenters. The van der Waals surface area contributed by atoms with E-state index in [0.29, 0.717) is 28.7 Å². The number of aromatic hydroxyl groups is 1. The molecule has 5 rings (SSSR count). The van der Waals surface area contributed by atoms with Gasteiger partial charge in [0.25, 0.3) is 5.91 Å². The van der Waals surface area contributed by atoms with E-state index in [1.165, 1.54) is 18.3 Å². The molecule has 208 valence electrons. The number of phenolic OH excluding ortho intramolecular Hbond substituents is 1. The van der Waals surface area contributed by atoms with E-state index in [-0.39, 0.29) is 34.7 Å². The van der Waals surface area contributed by atoms with Gasteiger partial charge in [-0.15, -0.1) is 0 Å². The van der Waals surface area contributed by atoms with Crippen LogP contribution < -0.4 is 10.6 Å². The minimum atomic E-state index is -4.59. The van der Waals surface area contributed by atoms with Gasteiger partial charge in [0.05, 0.1) is 28.1 Å². The fourth-order valence-electron chi connectivity index (χ4n) is 4.94. The highest BCUT2D eigenvalue weighted by atomic mass is 19.4. The van der Waals surface area contributed by atoms with Crippen LogP contribution in [0, 0.1) is 6.92 Å². The second-order valence-electron chi connectivity index (χ2n) is 9.73. The predicted molar refractivity (Wildman–Crippen MR) is 151 cm³/mol. The molecule has 4 N–H and O–H groups in total. The van der Waals surface area contributed by atoms with Crippen molar-refractivity contribution in [1.29, 1.82) is 0 Å². The molecule has 0 aromatic heterocycles. The molecule has 9 heteroatoms. The largest absolute Gasteiger partial charge is 0.505 e. The summed E-state index contributed by atoms with van der Waals surface area (Å²) in [5.41, 5.74) is 3.22. The third kappa shape index (κ3) is 5.65. The zero-order valence-corrected chi connectivity index (χ0v) is 21.8. The van der Waals surface area contributed by atoms with Gasteiger partial charge in [-0.3, -0.25) is 4.79 Å². The number of hydrogen-bond acceptors (Lipinski definition) is 4. The maximum absolute atomic E-state index is 13.7. The molecule has 0 spiro atoms. The smallest absolute Gasteiger partial charge is 0.416 e. The zero-order valence-electron chi connectivity index (χ0n) is 21.8. The Kier molecular flexibility index (Phi) is 7.28. The number of para-hydroxylation sites is 1. The van der Waals surface area contributed by atoms with Gasteiger partial charge in [-0.05, 0) is 72.4 Å². The highest BCUT2D eigenvalue weighted by Crippen LogP contribution is 2.42. The highest BCUT2D eigenvalue weighted by molar-refractivity contribution is 6.32. The number of anilines is 2. The minimum Gasteiger partial charge on any atom is -0.505 e. The molecule has 0 atom stereocenters. The lowest BCUT2D eigenvalue weighted by atomic mass is 9.92. The van der Waals surface area contributed by atoms with E-state index in [1.54, 1.807) is 30.3 Å². The Morgan fingerprint density at radius 1 is 0.951 bits per heavy atom. The summed E-state index contributed by atoms with van der Waals surface area (Å²) >= 11 is 0. The van der Waals surface area contributed by atoms with E-state index in [2.05, 4.69) is 10.6 Å². The molecule has 1 amide bonds. The van der Waals surface area contributed by atoms with Crippen molar-refractivity contribution in [2.75, 3.05) is 10.6 Å². The number of phenols is 1. The topological polar surface area (TPSA) is 98.7 Å². The fraction of sp³-hybridized carbons (Fsp3) is 0.125. The Morgan fingerprint density at radius 2 is 1.68 bits per heavy atom. The summed E-state index contributed by atoms with van der Waals surface area (Å²) in [6.07, 6.45) is -2.48. The van der Waals surface area contributed by atoms with Crippen molar-refractivity contribution in [2.24, 2.45) is 0 Å². The van der Waals surface area contributed by atoms with Crippen LogP contribution in [0.2, 0.25) is 0 Å². The maximum Gasteiger partial charge on any atom is 0.416 e. The van der Waals surface area contributed by atoms with E-state index in [9.17, 15) is 33.0 Å². The average Bonchev–Trinajstić information content (AvgIpc) is 3.26. The number of aromatic carboxylic acids is 1. The molecular weight excluding hydrogens is 533 g/mol. The Labute approximate surface area is 233 Å². The summed E-state index contributed by atoms with van der Waals surface area (Å²) < 4.78 is 41.2. The van der Waals surface area contributed by atoms with Crippen LogP contribution in [0.3, 0.4) is 0 Å². The molecule has 0 fully saturated rings. The van der Waals surface area contributed by atoms with Crippen molar-refractivity contribution in [3.05, 3.63) is 118 Å². The first-order chi connectivity index (χ1) is 19.5. The van der Waals surface area contributed by atoms with Crippen LogP contribution in [0.4, 0.5) is 24.5 Å². The second-order valence-corrected chi connectivity index (χ2v) is 9.73. The van der Waals surface area contributed by atoms with Gasteiger partial charge in [0.15, 0.2) is 0 Å². The number of carbonyl (C=O) groups excluding carboxylic acids is 1. The van der Waals surface area contributed by atoms with Crippen molar-refractivity contribution >= 4 is 28.8 Å². The number of carboxylic acid groups (broad SMARTS) is 1. The third-order valence-electron chi connectivity index (χ3n) is 7.06. The normalized spacial score (nSPS) is 13.7. The van der Waals surface area contributed by atoms with Gasteiger partial charge in [-0.2, -0.15) is 13.2 Å². The highest BCUT2D eigenvalue weighted by Gasteiger charge is 2.35. The van der Waals surface area contributed by atoms with Gasteiger partial charge < -0.3 is 20.8 Å². The molecule has 1 aliphatic rings. The molecule has 0 radical (unpaired) electrons. The van der Waals surface area contributed by atoms with Gasteiger partial charge >= 0.3 is 12.1 Å². The van der Waals surface area contributed by atoms with Crippen LogP contribution >= 0.6 is 0 Å². The SMILES string of the molecule is Cc1ccccc1CCc1cc(C(F)(F)F)cc2c1/C(=C/Nc1cccc(-c3cccc(C(=O)O)c3)c1O)C(=O)N2. The summed E-state index contributed by atoms with van der Waals surface area (Å²) in [7, 11) is 0. The lowest BCUT2D eigenvalue weighted by Gasteiger charge is -2.15. The van der Waals surface area contributed by atoms with Crippen LogP contribution in [0.25, 0.3) is 16.7 Å². The molecular formula is C32H25F3N2O4. The van der Waals surface area contributed by atoms with Gasteiger partial charge in [0.2, 0.25) is 0 Å². The number of halogens is 3. The van der Waals surface area contributed by atoms with Crippen molar-refractivity contribution < 1.29 is 33.0 Å². The van der Waals surface area contributed by atoms with Crippen LogP contribution in [0.15, 0.2) is 85.1 Å². The van der Waals surface area contributed by atoms with Crippen LogP contribution in [0.1, 0.15) is 38.2 Å². The number of alkyl halides is 3. The molecule has 0 aliphatic carbocycles. The maximum atomic E-state index is 13.7. The molecule has 6 nitrogen and oxygen atoms in total. The Morgan fingerprint density at radius 3 is 2.41 bits per heavy atom. The molecule has 0 saturated heterocycles. The van der Waals surface area contributed by atoms with Crippen molar-refractivity contribution in [1.82, 2.24) is 0 Å². The Bertz CT molecular complexity index is 1710. The van der Waals surface area contributed by atoms with E-state index >= 15 is 0 Å². The van der Waals surface area contributed by atoms with Crippen LogP contribution in [0.5, 0.6) is 5.75 Å². The van der Waals surface area contributed by atoms with Gasteiger partial charge in [0.1, 0.15) is 5.75 Å². The van der Waals surface area contributed by atoms with Crippen LogP contribution in [-0.2, 0) is 23.8 Å². The standard InChI is InChI=1S/C32H25F3N2O4/c1-18-6-2-3-7-19(18)12-13-21-15-23(32(33,34)35)16-27-28(21)25(30(39)37-27)17-36-26-11-5-10-24(29(26)38)20-8-4-9-22(14-20)31(40)41/h2-11,14-17,36,38H,12-13H2,1H3,(H,37,39)(H,40,41)/b25-17-. The van der Waals surface area contributed by atoms with Crippen molar-refractivity contribution in [3.8, 4) is 16.9 Å². The van der Waals surface area contributed by atoms with E-state index < -0.39 is 23.6 Å². The Hall–Kier alpha value is -5.05. The predicted octanol–water partition coefficient (Wildman–Crippen LogP) is 7.27. The first kappa shape index (κ1) is 27.5. The first-order valence-corrected chi connectivity index (χ1v) is 12.8. The lowest BCUT2D eigenvalue weighted by Crippen LogP contribution is -2.08. The third-order valence-corrected chi connectivity index (χ3v) is 7.06. The Balaban J connectivity index is 1.51. The molecule has 1 heterocycles. The summed E-state index contributed by atoms with van der Waals surface area (Å²) in [5, 5.41) is 25.7. The van der Waals surface area contributed by atoms with E-state index in [0.717, 1.165) is 23.3 Å². The fourth-order valence-corrected chi connectivity index (χ4v) is 4.94. The van der Waals surface area contributed by atoms with Crippen LogP contribution in [-0.4, -0.2) is 22.1 Å². The van der Waals surface area contributed by atoms with Gasteiger partial charge in [-0.25, -0.2) is 4.79 Å². The van der Waals surface area contributed by atoms with Gasteiger partial charge in [-0.1, -0.05) is 48.5 Å². The number of carbonyl (C=O) groups is 2. The van der Waals surface area contributed by atoms with Gasteiger partial charge in [0, 0.05) is 17.3 Å². The second kappa shape index (κ2) is 10.8. The van der Waals surface area contributed by atoms with E-state index in [1.807, 2.05) is 31.2 Å². The number of rotatable bonds is 7. The number of carboxylic acids is 1. The minimum absolute atomic E-state index is 0.0538. The number of aryl methyl sites for hydroxylation is 3. The zero-order chi connectivity index (χ0) is 29.3. The number of benzene rings is 4. The average molecular weight is 559 g/mol. The summed E-state index contributed by atoms with van der Waals surface area (Å²) in [5.74, 6) is -1.87.